The van der Waals surface area contributed by atoms with Crippen LogP contribution in [0.15, 0.2) is 47.3 Å². The third-order valence-electron chi connectivity index (χ3n) is 3.43. The second-order valence-corrected chi connectivity index (χ2v) is 6.72. The van der Waals surface area contributed by atoms with E-state index in [4.69, 9.17) is 4.74 Å². The summed E-state index contributed by atoms with van der Waals surface area (Å²) in [4.78, 5) is 20.1. The predicted octanol–water partition coefficient (Wildman–Crippen LogP) is 4.15. The van der Waals surface area contributed by atoms with Crippen molar-refractivity contribution in [3.63, 3.8) is 0 Å². The van der Waals surface area contributed by atoms with Crippen molar-refractivity contribution in [3.05, 3.63) is 58.4 Å². The maximum Gasteiger partial charge on any atom is 0.193 e. The monoisotopic (exact) mass is 323 g/mol. The fourth-order valence-corrected chi connectivity index (χ4v) is 2.42. The van der Waals surface area contributed by atoms with Crippen LogP contribution in [-0.4, -0.2) is 15.6 Å². The first-order valence-corrected chi connectivity index (χ1v) is 7.87. The minimum Gasteiger partial charge on any atom is -0.486 e. The van der Waals surface area contributed by atoms with Crippen LogP contribution in [0.5, 0.6) is 5.75 Å². The number of ether oxygens (including phenoxy) is 1. The van der Waals surface area contributed by atoms with Crippen molar-refractivity contribution in [2.24, 2.45) is 0 Å². The van der Waals surface area contributed by atoms with Gasteiger partial charge >= 0.3 is 0 Å². The van der Waals surface area contributed by atoms with E-state index in [1.807, 2.05) is 58.0 Å². The highest BCUT2D eigenvalue weighted by Crippen LogP contribution is 2.25. The van der Waals surface area contributed by atoms with Gasteiger partial charge in [0.2, 0.25) is 0 Å². The van der Waals surface area contributed by atoms with E-state index in [2.05, 4.69) is 15.3 Å². The van der Waals surface area contributed by atoms with Gasteiger partial charge in [0, 0.05) is 11.8 Å². The summed E-state index contributed by atoms with van der Waals surface area (Å²) >= 11 is 0. The fourth-order valence-electron chi connectivity index (χ4n) is 2.42. The van der Waals surface area contributed by atoms with Crippen LogP contribution < -0.4 is 15.5 Å². The first-order chi connectivity index (χ1) is 11.3. The van der Waals surface area contributed by atoms with Crippen LogP contribution in [0.3, 0.4) is 0 Å². The molecule has 24 heavy (non-hydrogen) atoms. The van der Waals surface area contributed by atoms with E-state index in [0.717, 1.165) is 11.4 Å². The Hall–Kier alpha value is -2.82. The molecule has 5 nitrogen and oxygen atoms in total. The molecule has 3 aromatic rings. The number of H-pyrrole nitrogens is 1. The summed E-state index contributed by atoms with van der Waals surface area (Å²) in [5.41, 5.74) is 1.73. The lowest BCUT2D eigenvalue weighted by molar-refractivity contribution is 0.129. The zero-order valence-corrected chi connectivity index (χ0v) is 14.3. The number of pyridine rings is 2. The number of nitrogens with zero attached hydrogens (tertiary/aromatic N) is 1. The molecule has 0 bridgehead atoms. The molecule has 0 saturated heterocycles. The standard InChI is InChI=1S/C19H21N3O2/c1-12-16(24-19(2,3)4)10-14-15(23)11-17(22-18(14)20-12)21-13-8-6-5-7-9-13/h5-11H,1-4H3,(H2,20,21,22,23). The van der Waals surface area contributed by atoms with E-state index in [9.17, 15) is 4.79 Å². The molecular formula is C19H21N3O2. The van der Waals surface area contributed by atoms with Crippen LogP contribution in [-0.2, 0) is 0 Å². The van der Waals surface area contributed by atoms with E-state index in [-0.39, 0.29) is 11.0 Å². The van der Waals surface area contributed by atoms with Gasteiger partial charge in [-0.15, -0.1) is 0 Å². The van der Waals surface area contributed by atoms with Crippen molar-refractivity contribution < 1.29 is 4.74 Å². The Morgan fingerprint density at radius 2 is 1.83 bits per heavy atom. The van der Waals surface area contributed by atoms with Gasteiger partial charge < -0.3 is 15.0 Å². The van der Waals surface area contributed by atoms with Gasteiger partial charge in [0.05, 0.1) is 11.1 Å². The van der Waals surface area contributed by atoms with Crippen molar-refractivity contribution in [1.82, 2.24) is 9.97 Å². The summed E-state index contributed by atoms with van der Waals surface area (Å²) in [6, 6.07) is 13.0. The number of aryl methyl sites for hydroxylation is 1. The molecule has 124 valence electrons. The Labute approximate surface area is 140 Å². The van der Waals surface area contributed by atoms with Crippen LogP contribution in [0.25, 0.3) is 11.0 Å². The van der Waals surface area contributed by atoms with Gasteiger partial charge in [-0.2, -0.15) is 0 Å². The van der Waals surface area contributed by atoms with Crippen molar-refractivity contribution in [2.75, 3.05) is 5.32 Å². The molecule has 0 amide bonds. The summed E-state index contributed by atoms with van der Waals surface area (Å²) in [7, 11) is 0. The third kappa shape index (κ3) is 3.56. The quantitative estimate of drug-likeness (QED) is 0.760. The normalized spacial score (nSPS) is 11.5. The molecule has 2 N–H and O–H groups in total. The SMILES string of the molecule is Cc1nc2[nH]c(Nc3ccccc3)cc(=O)c2cc1OC(C)(C)C. The molecule has 0 spiro atoms. The second-order valence-electron chi connectivity index (χ2n) is 6.72. The molecular weight excluding hydrogens is 302 g/mol. The molecule has 0 aliphatic carbocycles. The number of nitrogens with one attached hydrogen (secondary N) is 2. The van der Waals surface area contributed by atoms with Gasteiger partial charge in [-0.05, 0) is 45.9 Å². The third-order valence-corrected chi connectivity index (χ3v) is 3.43. The number of hydrogen-bond donors (Lipinski definition) is 2. The van der Waals surface area contributed by atoms with Gasteiger partial charge in [-0.3, -0.25) is 4.79 Å². The number of aromatic nitrogens is 2. The zero-order chi connectivity index (χ0) is 17.3. The first-order valence-electron chi connectivity index (χ1n) is 7.87. The fraction of sp³-hybridized carbons (Fsp3) is 0.263. The molecule has 2 aromatic heterocycles. The number of anilines is 2. The van der Waals surface area contributed by atoms with E-state index < -0.39 is 0 Å². The number of rotatable bonds is 3. The minimum absolute atomic E-state index is 0.103. The van der Waals surface area contributed by atoms with Crippen LogP contribution in [0.1, 0.15) is 26.5 Å². The Morgan fingerprint density at radius 1 is 1.12 bits per heavy atom. The molecule has 0 aliphatic heterocycles. The number of aromatic amines is 1. The van der Waals surface area contributed by atoms with Gasteiger partial charge in [-0.25, -0.2) is 4.98 Å². The average Bonchev–Trinajstić information content (AvgIpc) is 2.48. The molecule has 0 aliphatic rings. The van der Waals surface area contributed by atoms with Crippen molar-refractivity contribution >= 4 is 22.5 Å². The smallest absolute Gasteiger partial charge is 0.193 e. The van der Waals surface area contributed by atoms with E-state index in [1.54, 1.807) is 6.07 Å². The molecule has 3 rings (SSSR count). The Kier molecular flexibility index (Phi) is 4.01. The lowest BCUT2D eigenvalue weighted by atomic mass is 10.1. The zero-order valence-electron chi connectivity index (χ0n) is 14.3. The van der Waals surface area contributed by atoms with Crippen LogP contribution >= 0.6 is 0 Å². The maximum absolute atomic E-state index is 12.5. The summed E-state index contributed by atoms with van der Waals surface area (Å²) in [5, 5.41) is 3.69. The highest BCUT2D eigenvalue weighted by atomic mass is 16.5. The Bertz CT molecular complexity index is 925. The predicted molar refractivity (Wildman–Crippen MR) is 97.2 cm³/mol. The molecule has 0 atom stereocenters. The first kappa shape index (κ1) is 16.1. The minimum atomic E-state index is -0.346. The lowest BCUT2D eigenvalue weighted by Crippen LogP contribution is -2.23. The largest absolute Gasteiger partial charge is 0.486 e. The summed E-state index contributed by atoms with van der Waals surface area (Å²) < 4.78 is 5.89. The second kappa shape index (κ2) is 6.00. The van der Waals surface area contributed by atoms with E-state index >= 15 is 0 Å². The molecule has 5 heteroatoms. The van der Waals surface area contributed by atoms with Crippen LogP contribution in [0.4, 0.5) is 11.5 Å². The number of hydrogen-bond acceptors (Lipinski definition) is 4. The number of fused-ring (bicyclic) bond motifs is 1. The molecule has 0 saturated carbocycles. The van der Waals surface area contributed by atoms with E-state index in [0.29, 0.717) is 22.6 Å². The van der Waals surface area contributed by atoms with Gasteiger partial charge in [0.15, 0.2) is 5.43 Å². The molecule has 0 unspecified atom stereocenters. The maximum atomic E-state index is 12.5. The number of benzene rings is 1. The summed E-state index contributed by atoms with van der Waals surface area (Å²) in [5.74, 6) is 1.24. The molecule has 0 radical (unpaired) electrons. The van der Waals surface area contributed by atoms with Gasteiger partial charge in [0.1, 0.15) is 22.8 Å². The molecule has 2 heterocycles. The molecule has 0 fully saturated rings. The Morgan fingerprint density at radius 3 is 2.50 bits per heavy atom. The van der Waals surface area contributed by atoms with Gasteiger partial charge in [-0.1, -0.05) is 18.2 Å². The number of para-hydroxylation sites is 1. The van der Waals surface area contributed by atoms with Crippen molar-refractivity contribution in [2.45, 2.75) is 33.3 Å². The van der Waals surface area contributed by atoms with E-state index in [1.165, 1.54) is 6.07 Å². The summed E-state index contributed by atoms with van der Waals surface area (Å²) in [6.45, 7) is 7.77. The van der Waals surface area contributed by atoms with Crippen LogP contribution in [0, 0.1) is 6.92 Å². The topological polar surface area (TPSA) is 67.0 Å². The highest BCUT2D eigenvalue weighted by molar-refractivity contribution is 5.79. The van der Waals surface area contributed by atoms with Gasteiger partial charge in [0.25, 0.3) is 0 Å². The van der Waals surface area contributed by atoms with Crippen molar-refractivity contribution in [1.29, 1.82) is 0 Å². The summed E-state index contributed by atoms with van der Waals surface area (Å²) in [6.07, 6.45) is 0. The van der Waals surface area contributed by atoms with Crippen molar-refractivity contribution in [3.8, 4) is 5.75 Å². The molecule has 1 aromatic carbocycles. The van der Waals surface area contributed by atoms with Crippen LogP contribution in [0.2, 0.25) is 0 Å². The lowest BCUT2D eigenvalue weighted by Gasteiger charge is -2.22. The average molecular weight is 323 g/mol. The Balaban J connectivity index is 2.03. The highest BCUT2D eigenvalue weighted by Gasteiger charge is 2.16.